The molecule has 28 heavy (non-hydrogen) atoms. The molecule has 0 amide bonds. The lowest BCUT2D eigenvalue weighted by molar-refractivity contribution is -0.137. The van der Waals surface area contributed by atoms with Crippen LogP contribution in [0.3, 0.4) is 0 Å². The number of halogens is 3. The predicted molar refractivity (Wildman–Crippen MR) is 105 cm³/mol. The second-order valence-electron chi connectivity index (χ2n) is 7.51. The molecule has 1 heterocycles. The molecule has 5 nitrogen and oxygen atoms in total. The van der Waals surface area contributed by atoms with Gasteiger partial charge in [-0.1, -0.05) is 32.0 Å². The van der Waals surface area contributed by atoms with Gasteiger partial charge in [-0.25, -0.2) is 0 Å². The van der Waals surface area contributed by atoms with Crippen LogP contribution in [0.4, 0.5) is 13.2 Å². The average Bonchev–Trinajstić information content (AvgIpc) is 2.87. The summed E-state index contributed by atoms with van der Waals surface area (Å²) in [7, 11) is 3.56. The number of aliphatic imine (C=N–C) groups is 1. The highest BCUT2D eigenvalue weighted by Gasteiger charge is 2.32. The molecule has 2 N–H and O–H groups in total. The van der Waals surface area contributed by atoms with Crippen molar-refractivity contribution in [2.45, 2.75) is 45.8 Å². The Morgan fingerprint density at radius 1 is 1.14 bits per heavy atom. The van der Waals surface area contributed by atoms with Gasteiger partial charge in [-0.2, -0.15) is 18.3 Å². The Labute approximate surface area is 164 Å². The molecule has 0 aliphatic rings. The van der Waals surface area contributed by atoms with E-state index in [1.807, 2.05) is 39.4 Å². The van der Waals surface area contributed by atoms with Crippen molar-refractivity contribution in [2.75, 3.05) is 13.6 Å². The summed E-state index contributed by atoms with van der Waals surface area (Å²) in [5, 5.41) is 10.9. The van der Waals surface area contributed by atoms with E-state index >= 15 is 0 Å². The molecule has 0 atom stereocenters. The molecule has 1 aromatic carbocycles. The molecule has 0 aliphatic carbocycles. The third kappa shape index (κ3) is 5.05. The summed E-state index contributed by atoms with van der Waals surface area (Å²) < 4.78 is 40.8. The fourth-order valence-corrected chi connectivity index (χ4v) is 2.99. The number of aryl methyl sites for hydroxylation is 2. The lowest BCUT2D eigenvalue weighted by atomic mass is 9.84. The number of alkyl halides is 3. The first kappa shape index (κ1) is 21.8. The Hall–Kier alpha value is -2.51. The summed E-state index contributed by atoms with van der Waals surface area (Å²) in [5.41, 5.74) is 2.59. The number of hydrogen-bond donors (Lipinski definition) is 2. The normalized spacial score (nSPS) is 13.0. The molecule has 8 heteroatoms. The number of aromatic nitrogens is 2. The molecule has 0 bridgehead atoms. The molecule has 2 aromatic rings. The molecular formula is C20H28F3N5. The van der Waals surface area contributed by atoms with Crippen molar-refractivity contribution < 1.29 is 13.2 Å². The van der Waals surface area contributed by atoms with Crippen molar-refractivity contribution in [3.05, 3.63) is 52.3 Å². The number of benzene rings is 1. The van der Waals surface area contributed by atoms with Gasteiger partial charge in [0.2, 0.25) is 0 Å². The van der Waals surface area contributed by atoms with Gasteiger partial charge in [0, 0.05) is 43.9 Å². The monoisotopic (exact) mass is 395 g/mol. The number of nitrogens with one attached hydrogen (secondary N) is 2. The molecule has 0 saturated carbocycles. The quantitative estimate of drug-likeness (QED) is 0.600. The summed E-state index contributed by atoms with van der Waals surface area (Å²) in [6.45, 7) is 8.76. The van der Waals surface area contributed by atoms with Crippen LogP contribution in [0.5, 0.6) is 0 Å². The Bertz CT molecular complexity index is 850. The van der Waals surface area contributed by atoms with Crippen LogP contribution in [-0.2, 0) is 25.2 Å². The largest absolute Gasteiger partial charge is 0.416 e. The smallest absolute Gasteiger partial charge is 0.356 e. The van der Waals surface area contributed by atoms with Gasteiger partial charge in [0.15, 0.2) is 5.96 Å². The molecule has 0 saturated heterocycles. The summed E-state index contributed by atoms with van der Waals surface area (Å²) in [5.74, 6) is 0.586. The van der Waals surface area contributed by atoms with E-state index in [2.05, 4.69) is 20.7 Å². The zero-order chi connectivity index (χ0) is 21.1. The highest BCUT2D eigenvalue weighted by Crippen LogP contribution is 2.32. The highest BCUT2D eigenvalue weighted by molar-refractivity contribution is 5.79. The minimum absolute atomic E-state index is 0.430. The first-order chi connectivity index (χ1) is 13.0. The first-order valence-corrected chi connectivity index (χ1v) is 9.07. The Morgan fingerprint density at radius 2 is 1.79 bits per heavy atom. The predicted octanol–water partition coefficient (Wildman–Crippen LogP) is 3.70. The third-order valence-corrected chi connectivity index (χ3v) is 4.98. The molecule has 154 valence electrons. The fraction of sp³-hybridized carbons (Fsp3) is 0.500. The highest BCUT2D eigenvalue weighted by atomic mass is 19.4. The Morgan fingerprint density at radius 3 is 2.32 bits per heavy atom. The standard InChI is InChI=1S/C20H28F3N5/c1-13-17(14(2)28(6)27-13)11-25-18(24-5)26-12-19(3,4)15-8-7-9-16(10-15)20(21,22)23/h7-10H,11-12H2,1-6H3,(H2,24,25,26). The van der Waals surface area contributed by atoms with Crippen LogP contribution >= 0.6 is 0 Å². The molecule has 0 aliphatic heterocycles. The van der Waals surface area contributed by atoms with Crippen molar-refractivity contribution in [3.8, 4) is 0 Å². The number of rotatable bonds is 5. The minimum atomic E-state index is -4.35. The Balaban J connectivity index is 2.04. The lowest BCUT2D eigenvalue weighted by Crippen LogP contribution is -2.43. The van der Waals surface area contributed by atoms with Crippen molar-refractivity contribution in [1.29, 1.82) is 0 Å². The molecule has 0 radical (unpaired) electrons. The lowest BCUT2D eigenvalue weighted by Gasteiger charge is -2.27. The second kappa shape index (κ2) is 8.24. The van der Waals surface area contributed by atoms with Crippen molar-refractivity contribution >= 4 is 5.96 Å². The van der Waals surface area contributed by atoms with Gasteiger partial charge in [-0.05, 0) is 25.5 Å². The molecular weight excluding hydrogens is 367 g/mol. The molecule has 1 aromatic heterocycles. The van der Waals surface area contributed by atoms with Crippen molar-refractivity contribution in [1.82, 2.24) is 20.4 Å². The van der Waals surface area contributed by atoms with Crippen LogP contribution < -0.4 is 10.6 Å². The zero-order valence-electron chi connectivity index (χ0n) is 17.2. The van der Waals surface area contributed by atoms with E-state index in [0.717, 1.165) is 23.0 Å². The van der Waals surface area contributed by atoms with Crippen LogP contribution in [0.25, 0.3) is 0 Å². The van der Waals surface area contributed by atoms with Crippen LogP contribution in [-0.4, -0.2) is 29.3 Å². The number of guanidine groups is 1. The van der Waals surface area contributed by atoms with E-state index in [1.54, 1.807) is 13.1 Å². The maximum atomic E-state index is 13.0. The minimum Gasteiger partial charge on any atom is -0.356 e. The van der Waals surface area contributed by atoms with E-state index in [9.17, 15) is 13.2 Å². The number of nitrogens with zero attached hydrogens (tertiary/aromatic N) is 3. The molecule has 0 fully saturated rings. The zero-order valence-corrected chi connectivity index (χ0v) is 17.2. The third-order valence-electron chi connectivity index (χ3n) is 4.98. The fourth-order valence-electron chi connectivity index (χ4n) is 2.99. The molecule has 0 unspecified atom stereocenters. The summed E-state index contributed by atoms with van der Waals surface area (Å²) in [6.07, 6.45) is -4.35. The van der Waals surface area contributed by atoms with E-state index < -0.39 is 17.2 Å². The van der Waals surface area contributed by atoms with Crippen LogP contribution in [0.15, 0.2) is 29.3 Å². The average molecular weight is 395 g/mol. The van der Waals surface area contributed by atoms with Crippen LogP contribution in [0, 0.1) is 13.8 Å². The van der Waals surface area contributed by atoms with Gasteiger partial charge < -0.3 is 10.6 Å². The van der Waals surface area contributed by atoms with Crippen molar-refractivity contribution in [3.63, 3.8) is 0 Å². The van der Waals surface area contributed by atoms with E-state index in [1.165, 1.54) is 12.1 Å². The van der Waals surface area contributed by atoms with Gasteiger partial charge in [0.1, 0.15) is 0 Å². The summed E-state index contributed by atoms with van der Waals surface area (Å²) in [4.78, 5) is 4.21. The van der Waals surface area contributed by atoms with Gasteiger partial charge in [0.05, 0.1) is 11.3 Å². The van der Waals surface area contributed by atoms with Crippen LogP contribution in [0.1, 0.15) is 41.9 Å². The van der Waals surface area contributed by atoms with Gasteiger partial charge in [0.25, 0.3) is 0 Å². The maximum absolute atomic E-state index is 13.0. The van der Waals surface area contributed by atoms with Gasteiger partial charge in [-0.3, -0.25) is 9.67 Å². The molecule has 2 rings (SSSR count). The van der Waals surface area contributed by atoms with Crippen LogP contribution in [0.2, 0.25) is 0 Å². The topological polar surface area (TPSA) is 54.2 Å². The first-order valence-electron chi connectivity index (χ1n) is 9.07. The van der Waals surface area contributed by atoms with Crippen molar-refractivity contribution in [2.24, 2.45) is 12.0 Å². The van der Waals surface area contributed by atoms with E-state index in [0.29, 0.717) is 24.6 Å². The second-order valence-corrected chi connectivity index (χ2v) is 7.51. The summed E-state index contributed by atoms with van der Waals surface area (Å²) >= 11 is 0. The number of hydrogen-bond acceptors (Lipinski definition) is 2. The summed E-state index contributed by atoms with van der Waals surface area (Å²) in [6, 6.07) is 5.46. The van der Waals surface area contributed by atoms with Gasteiger partial charge in [-0.15, -0.1) is 0 Å². The Kier molecular flexibility index (Phi) is 6.41. The van der Waals surface area contributed by atoms with E-state index in [-0.39, 0.29) is 0 Å². The maximum Gasteiger partial charge on any atom is 0.416 e. The van der Waals surface area contributed by atoms with E-state index in [4.69, 9.17) is 0 Å². The SMILES string of the molecule is CN=C(NCc1c(C)nn(C)c1C)NCC(C)(C)c1cccc(C(F)(F)F)c1. The molecule has 0 spiro atoms. The van der Waals surface area contributed by atoms with Gasteiger partial charge >= 0.3 is 6.18 Å².